The molecule has 0 bridgehead atoms. The summed E-state index contributed by atoms with van der Waals surface area (Å²) in [5.74, 6) is 3.40. The molecule has 0 radical (unpaired) electrons. The number of hydrogen-bond acceptors (Lipinski definition) is 4. The second kappa shape index (κ2) is 8.47. The van der Waals surface area contributed by atoms with E-state index in [0.717, 1.165) is 74.2 Å². The lowest BCUT2D eigenvalue weighted by atomic mass is 9.62. The molecule has 1 spiro atoms. The molecule has 0 fully saturated rings. The van der Waals surface area contributed by atoms with Crippen LogP contribution in [0.25, 0.3) is 16.8 Å². The molecular formula is C35H24N2O2. The zero-order chi connectivity index (χ0) is 25.8. The van der Waals surface area contributed by atoms with Gasteiger partial charge in [-0.3, -0.25) is 4.98 Å². The zero-order valence-electron chi connectivity index (χ0n) is 21.1. The van der Waals surface area contributed by atoms with Gasteiger partial charge in [0.15, 0.2) is 0 Å². The van der Waals surface area contributed by atoms with E-state index in [-0.39, 0.29) is 0 Å². The third-order valence-electron chi connectivity index (χ3n) is 7.93. The van der Waals surface area contributed by atoms with Gasteiger partial charge in [-0.2, -0.15) is 0 Å². The zero-order valence-corrected chi connectivity index (χ0v) is 21.1. The number of nitrogens with zero attached hydrogens (tertiary/aromatic N) is 1. The minimum Gasteiger partial charge on any atom is -0.457 e. The van der Waals surface area contributed by atoms with Gasteiger partial charge in [-0.15, -0.1) is 0 Å². The van der Waals surface area contributed by atoms with E-state index >= 15 is 0 Å². The Morgan fingerprint density at radius 3 is 1.85 bits per heavy atom. The van der Waals surface area contributed by atoms with Gasteiger partial charge in [-0.05, 0) is 53.6 Å². The molecule has 186 valence electrons. The van der Waals surface area contributed by atoms with Crippen LogP contribution in [0.5, 0.6) is 23.0 Å². The smallest absolute Gasteiger partial charge is 0.132 e. The van der Waals surface area contributed by atoms with E-state index in [9.17, 15) is 0 Å². The second-order valence-electron chi connectivity index (χ2n) is 9.99. The molecule has 0 atom stereocenters. The van der Waals surface area contributed by atoms with Gasteiger partial charge >= 0.3 is 0 Å². The van der Waals surface area contributed by atoms with Gasteiger partial charge in [0.05, 0.1) is 5.41 Å². The molecule has 4 heteroatoms. The highest BCUT2D eigenvalue weighted by molar-refractivity contribution is 5.79. The Morgan fingerprint density at radius 1 is 0.590 bits per heavy atom. The Bertz CT molecular complexity index is 1770. The SMILES string of the molecule is C1=CCNC(c2ccc3c(c2)Oc2cc(-c4ccncc4)ccc2C32c3ccccc3Oc3ccccc32)=C1. The van der Waals surface area contributed by atoms with Gasteiger partial charge < -0.3 is 14.8 Å². The van der Waals surface area contributed by atoms with E-state index in [4.69, 9.17) is 9.47 Å². The van der Waals surface area contributed by atoms with Crippen molar-refractivity contribution in [2.75, 3.05) is 6.54 Å². The van der Waals surface area contributed by atoms with Gasteiger partial charge in [-0.25, -0.2) is 0 Å². The number of aromatic nitrogens is 1. The van der Waals surface area contributed by atoms with Gasteiger partial charge in [-0.1, -0.05) is 72.8 Å². The highest BCUT2D eigenvalue weighted by Gasteiger charge is 2.50. The third-order valence-corrected chi connectivity index (χ3v) is 7.93. The molecule has 8 rings (SSSR count). The van der Waals surface area contributed by atoms with E-state index in [2.05, 4.69) is 101 Å². The third kappa shape index (κ3) is 3.21. The number of pyridine rings is 1. The van der Waals surface area contributed by atoms with Gasteiger partial charge in [0, 0.05) is 52.5 Å². The molecule has 4 aromatic carbocycles. The molecule has 3 aliphatic heterocycles. The Balaban J connectivity index is 1.45. The number of ether oxygens (including phenoxy) is 2. The summed E-state index contributed by atoms with van der Waals surface area (Å²) in [7, 11) is 0. The van der Waals surface area contributed by atoms with E-state index in [1.807, 2.05) is 36.7 Å². The van der Waals surface area contributed by atoms with Crippen molar-refractivity contribution in [1.29, 1.82) is 0 Å². The molecule has 0 saturated heterocycles. The van der Waals surface area contributed by atoms with Crippen LogP contribution in [0.4, 0.5) is 0 Å². The van der Waals surface area contributed by atoms with Gasteiger partial charge in [0.2, 0.25) is 0 Å². The number of dihydropyridines is 1. The lowest BCUT2D eigenvalue weighted by Crippen LogP contribution is -2.36. The van der Waals surface area contributed by atoms with Crippen LogP contribution in [0, 0.1) is 0 Å². The summed E-state index contributed by atoms with van der Waals surface area (Å²) in [6, 6.07) is 33.9. The van der Waals surface area contributed by atoms with Crippen LogP contribution in [0.2, 0.25) is 0 Å². The molecular weight excluding hydrogens is 480 g/mol. The molecule has 0 saturated carbocycles. The van der Waals surface area contributed by atoms with Crippen molar-refractivity contribution in [2.24, 2.45) is 0 Å². The minimum atomic E-state index is -0.599. The molecule has 4 nitrogen and oxygen atoms in total. The van der Waals surface area contributed by atoms with E-state index in [1.165, 1.54) is 0 Å². The summed E-state index contributed by atoms with van der Waals surface area (Å²) in [5, 5.41) is 3.49. The van der Waals surface area contributed by atoms with Crippen LogP contribution in [-0.4, -0.2) is 11.5 Å². The number of benzene rings is 4. The molecule has 0 amide bonds. The molecule has 1 N–H and O–H groups in total. The molecule has 0 aliphatic carbocycles. The summed E-state index contributed by atoms with van der Waals surface area (Å²) in [6.45, 7) is 0.809. The number of rotatable bonds is 2. The number of nitrogens with one attached hydrogen (secondary N) is 1. The Morgan fingerprint density at radius 2 is 1.18 bits per heavy atom. The van der Waals surface area contributed by atoms with E-state index < -0.39 is 5.41 Å². The van der Waals surface area contributed by atoms with E-state index in [0.29, 0.717) is 0 Å². The highest BCUT2D eigenvalue weighted by atomic mass is 16.5. The quantitative estimate of drug-likeness (QED) is 0.260. The molecule has 0 unspecified atom stereocenters. The lowest BCUT2D eigenvalue weighted by Gasteiger charge is -2.45. The molecule has 39 heavy (non-hydrogen) atoms. The first-order chi connectivity index (χ1) is 19.3. The van der Waals surface area contributed by atoms with Gasteiger partial charge in [0.1, 0.15) is 23.0 Å². The summed E-state index contributed by atoms with van der Waals surface area (Å²) in [6.07, 6.45) is 9.96. The van der Waals surface area contributed by atoms with Crippen LogP contribution >= 0.6 is 0 Å². The fraction of sp³-hybridized carbons (Fsp3) is 0.0571. The number of fused-ring (bicyclic) bond motifs is 8. The molecule has 5 aromatic rings. The van der Waals surface area contributed by atoms with Crippen molar-refractivity contribution in [3.63, 3.8) is 0 Å². The fourth-order valence-electron chi connectivity index (χ4n) is 6.22. The first-order valence-corrected chi connectivity index (χ1v) is 13.2. The predicted molar refractivity (Wildman–Crippen MR) is 153 cm³/mol. The van der Waals surface area contributed by atoms with Crippen LogP contribution in [-0.2, 0) is 5.41 Å². The van der Waals surface area contributed by atoms with Crippen molar-refractivity contribution in [3.8, 4) is 34.1 Å². The number of para-hydroxylation sites is 2. The van der Waals surface area contributed by atoms with Crippen LogP contribution in [0.15, 0.2) is 128 Å². The summed E-state index contributed by atoms with van der Waals surface area (Å²) in [5.41, 5.74) is 8.18. The first kappa shape index (κ1) is 21.9. The van der Waals surface area contributed by atoms with E-state index in [1.54, 1.807) is 0 Å². The highest BCUT2D eigenvalue weighted by Crippen LogP contribution is 2.61. The monoisotopic (exact) mass is 504 g/mol. The normalized spacial score (nSPS) is 15.4. The first-order valence-electron chi connectivity index (χ1n) is 13.2. The lowest BCUT2D eigenvalue weighted by molar-refractivity contribution is 0.399. The Hall–Kier alpha value is -5.09. The van der Waals surface area contributed by atoms with Crippen molar-refractivity contribution < 1.29 is 9.47 Å². The second-order valence-corrected chi connectivity index (χ2v) is 9.99. The maximum absolute atomic E-state index is 6.80. The number of hydrogen-bond donors (Lipinski definition) is 1. The van der Waals surface area contributed by atoms with Crippen LogP contribution < -0.4 is 14.8 Å². The summed E-state index contributed by atoms with van der Waals surface area (Å²) in [4.78, 5) is 4.20. The Labute approximate surface area is 226 Å². The minimum absolute atomic E-state index is 0.599. The topological polar surface area (TPSA) is 43.4 Å². The number of allylic oxidation sites excluding steroid dienone is 2. The molecule has 3 aliphatic rings. The van der Waals surface area contributed by atoms with Crippen molar-refractivity contribution in [1.82, 2.24) is 10.3 Å². The van der Waals surface area contributed by atoms with Crippen LogP contribution in [0.3, 0.4) is 0 Å². The average Bonchev–Trinajstić information content (AvgIpc) is 3.01. The van der Waals surface area contributed by atoms with Gasteiger partial charge in [0.25, 0.3) is 0 Å². The maximum atomic E-state index is 6.80. The molecule has 4 heterocycles. The van der Waals surface area contributed by atoms with Crippen molar-refractivity contribution in [2.45, 2.75) is 5.41 Å². The Kier molecular flexibility index (Phi) is 4.76. The molecule has 1 aromatic heterocycles. The summed E-state index contributed by atoms with van der Waals surface area (Å²) >= 11 is 0. The van der Waals surface area contributed by atoms with Crippen LogP contribution in [0.1, 0.15) is 27.8 Å². The fourth-order valence-corrected chi connectivity index (χ4v) is 6.22. The maximum Gasteiger partial charge on any atom is 0.132 e. The summed E-state index contributed by atoms with van der Waals surface area (Å²) < 4.78 is 13.3. The average molecular weight is 505 g/mol. The van der Waals surface area contributed by atoms with Crippen molar-refractivity contribution in [3.05, 3.63) is 156 Å². The largest absolute Gasteiger partial charge is 0.457 e. The predicted octanol–water partition coefficient (Wildman–Crippen LogP) is 7.84. The van der Waals surface area contributed by atoms with Crippen molar-refractivity contribution >= 4 is 5.70 Å². The standard InChI is InChI=1S/C35H24N2O2/c1-3-10-31-26(7-1)35(27-8-2-4-11-32(27)38-31)28-14-12-24(23-16-19-36-20-17-23)21-33(28)39-34-22-25(13-15-29(34)35)30-9-5-6-18-37-30/h1-17,19-22,37H,18H2.